The molecule has 0 spiro atoms. The van der Waals surface area contributed by atoms with Crippen LogP contribution in [0.2, 0.25) is 0 Å². The van der Waals surface area contributed by atoms with Gasteiger partial charge in [-0.3, -0.25) is 9.69 Å². The topological polar surface area (TPSA) is 72.9 Å². The SMILES string of the molecule is COc1cc(/C=C2/SC(=S)N(C)C2=O)ccc1OS(=O)(=O)c1ccc(F)cc1. The van der Waals surface area contributed by atoms with E-state index in [4.69, 9.17) is 21.1 Å². The fourth-order valence-electron chi connectivity index (χ4n) is 2.31. The number of amides is 1. The monoisotopic (exact) mass is 439 g/mol. The number of benzene rings is 2. The van der Waals surface area contributed by atoms with Gasteiger partial charge in [0.05, 0.1) is 12.0 Å². The molecule has 1 aliphatic heterocycles. The summed E-state index contributed by atoms with van der Waals surface area (Å²) in [6.45, 7) is 0. The molecular formula is C18H14FNO5S3. The molecule has 6 nitrogen and oxygen atoms in total. The Bertz CT molecular complexity index is 1080. The van der Waals surface area contributed by atoms with Gasteiger partial charge in [-0.05, 0) is 48.0 Å². The zero-order chi connectivity index (χ0) is 20.5. The second-order valence-electron chi connectivity index (χ2n) is 5.64. The maximum Gasteiger partial charge on any atom is 0.339 e. The van der Waals surface area contributed by atoms with Gasteiger partial charge < -0.3 is 8.92 Å². The van der Waals surface area contributed by atoms with Crippen molar-refractivity contribution in [1.82, 2.24) is 4.90 Å². The zero-order valence-electron chi connectivity index (χ0n) is 14.7. The van der Waals surface area contributed by atoms with E-state index >= 15 is 0 Å². The molecule has 10 heteroatoms. The van der Waals surface area contributed by atoms with Gasteiger partial charge in [0.25, 0.3) is 5.91 Å². The highest BCUT2D eigenvalue weighted by molar-refractivity contribution is 8.26. The maximum atomic E-state index is 13.0. The van der Waals surface area contributed by atoms with Crippen molar-refractivity contribution < 1.29 is 26.5 Å². The van der Waals surface area contributed by atoms with E-state index in [1.165, 1.54) is 35.9 Å². The first-order valence-corrected chi connectivity index (χ1v) is 10.4. The van der Waals surface area contributed by atoms with Gasteiger partial charge in [-0.15, -0.1) is 0 Å². The summed E-state index contributed by atoms with van der Waals surface area (Å²) in [5, 5.41) is 0. The third kappa shape index (κ3) is 4.18. The van der Waals surface area contributed by atoms with Crippen LogP contribution in [0.5, 0.6) is 11.5 Å². The molecule has 1 aliphatic rings. The third-order valence-corrected chi connectivity index (χ3v) is 6.51. The van der Waals surface area contributed by atoms with E-state index in [1.54, 1.807) is 19.2 Å². The molecule has 0 N–H and O–H groups in total. The van der Waals surface area contributed by atoms with Crippen LogP contribution in [-0.4, -0.2) is 37.7 Å². The highest BCUT2D eigenvalue weighted by Gasteiger charge is 2.28. The molecule has 0 bridgehead atoms. The molecule has 0 saturated carbocycles. The Morgan fingerprint density at radius 1 is 1.14 bits per heavy atom. The molecule has 2 aromatic rings. The molecule has 0 aromatic heterocycles. The molecule has 3 rings (SSSR count). The second-order valence-corrected chi connectivity index (χ2v) is 8.86. The van der Waals surface area contributed by atoms with Crippen molar-refractivity contribution in [3.05, 3.63) is 58.8 Å². The third-order valence-electron chi connectivity index (χ3n) is 3.77. The van der Waals surface area contributed by atoms with Crippen molar-refractivity contribution in [2.24, 2.45) is 0 Å². The Hall–Kier alpha value is -2.43. The zero-order valence-corrected chi connectivity index (χ0v) is 17.2. The van der Waals surface area contributed by atoms with Gasteiger partial charge in [0.15, 0.2) is 11.5 Å². The number of carbonyl (C=O) groups is 1. The lowest BCUT2D eigenvalue weighted by atomic mass is 10.2. The number of halogens is 1. The highest BCUT2D eigenvalue weighted by atomic mass is 32.2. The Morgan fingerprint density at radius 2 is 1.82 bits per heavy atom. The van der Waals surface area contributed by atoms with Gasteiger partial charge in [-0.2, -0.15) is 8.42 Å². The minimum Gasteiger partial charge on any atom is -0.493 e. The summed E-state index contributed by atoms with van der Waals surface area (Å²) in [7, 11) is -1.21. The number of methoxy groups -OCH3 is 1. The first-order chi connectivity index (χ1) is 13.2. The van der Waals surface area contributed by atoms with Gasteiger partial charge in [-0.25, -0.2) is 4.39 Å². The number of likely N-dealkylation sites (N-methyl/N-ethyl adjacent to an activating group) is 1. The summed E-state index contributed by atoms with van der Waals surface area (Å²) >= 11 is 6.26. The van der Waals surface area contributed by atoms with Crippen LogP contribution >= 0.6 is 24.0 Å². The standard InChI is InChI=1S/C18H14FNO5S3/c1-20-17(21)16(27-18(20)26)10-11-3-8-14(15(9-11)24-2)25-28(22,23)13-6-4-12(19)5-7-13/h3-10H,1-2H3/b16-10+. The number of thiocarbonyl (C=S) groups is 1. The fraction of sp³-hybridized carbons (Fsp3) is 0.111. The molecule has 2 aromatic carbocycles. The summed E-state index contributed by atoms with van der Waals surface area (Å²) < 4.78 is 48.6. The summed E-state index contributed by atoms with van der Waals surface area (Å²) in [5.74, 6) is -0.648. The lowest BCUT2D eigenvalue weighted by molar-refractivity contribution is -0.121. The van der Waals surface area contributed by atoms with Crippen LogP contribution in [0.1, 0.15) is 5.56 Å². The normalized spacial score (nSPS) is 16.0. The fourth-order valence-corrected chi connectivity index (χ4v) is 4.43. The average Bonchev–Trinajstić information content (AvgIpc) is 2.90. The van der Waals surface area contributed by atoms with E-state index < -0.39 is 15.9 Å². The minimum absolute atomic E-state index is 0.0352. The Kier molecular flexibility index (Phi) is 5.73. The van der Waals surface area contributed by atoms with Crippen LogP contribution in [-0.2, 0) is 14.9 Å². The number of rotatable bonds is 5. The van der Waals surface area contributed by atoms with Crippen LogP contribution in [0, 0.1) is 5.82 Å². The Labute approximate surface area is 171 Å². The highest BCUT2D eigenvalue weighted by Crippen LogP contribution is 2.35. The van der Waals surface area contributed by atoms with E-state index in [2.05, 4.69) is 0 Å². The summed E-state index contributed by atoms with van der Waals surface area (Å²) in [5.41, 5.74) is 0.609. The van der Waals surface area contributed by atoms with Crippen LogP contribution in [0.25, 0.3) is 6.08 Å². The molecule has 1 fully saturated rings. The summed E-state index contributed by atoms with van der Waals surface area (Å²) in [6, 6.07) is 8.81. The predicted molar refractivity (Wildman–Crippen MR) is 108 cm³/mol. The second kappa shape index (κ2) is 7.90. The van der Waals surface area contributed by atoms with E-state index in [0.29, 0.717) is 14.8 Å². The predicted octanol–water partition coefficient (Wildman–Crippen LogP) is 3.43. The molecule has 0 unspecified atom stereocenters. The molecule has 1 saturated heterocycles. The van der Waals surface area contributed by atoms with Crippen LogP contribution in [0.15, 0.2) is 52.3 Å². The molecule has 0 atom stereocenters. The molecule has 0 aliphatic carbocycles. The van der Waals surface area contributed by atoms with Crippen molar-refractivity contribution in [3.8, 4) is 11.5 Å². The number of nitrogens with zero attached hydrogens (tertiary/aromatic N) is 1. The first-order valence-electron chi connectivity index (χ1n) is 7.81. The first kappa shape index (κ1) is 20.3. The van der Waals surface area contributed by atoms with Crippen LogP contribution in [0.4, 0.5) is 4.39 Å². The number of hydrogen-bond donors (Lipinski definition) is 0. The van der Waals surface area contributed by atoms with Crippen molar-refractivity contribution in [2.75, 3.05) is 14.2 Å². The van der Waals surface area contributed by atoms with Crippen LogP contribution in [0.3, 0.4) is 0 Å². The number of hydrogen-bond acceptors (Lipinski definition) is 7. The molecule has 1 heterocycles. The Balaban J connectivity index is 1.89. The van der Waals surface area contributed by atoms with Gasteiger partial charge in [0, 0.05) is 7.05 Å². The van der Waals surface area contributed by atoms with E-state index in [0.717, 1.165) is 24.3 Å². The van der Waals surface area contributed by atoms with Gasteiger partial charge in [0.1, 0.15) is 15.0 Å². The van der Waals surface area contributed by atoms with Crippen molar-refractivity contribution in [3.63, 3.8) is 0 Å². The van der Waals surface area contributed by atoms with Crippen LogP contribution < -0.4 is 8.92 Å². The lowest BCUT2D eigenvalue weighted by Gasteiger charge is -2.11. The number of carbonyl (C=O) groups excluding carboxylic acids is 1. The average molecular weight is 440 g/mol. The molecular weight excluding hydrogens is 425 g/mol. The van der Waals surface area contributed by atoms with E-state index in [-0.39, 0.29) is 22.3 Å². The quantitative estimate of drug-likeness (QED) is 0.401. The molecule has 146 valence electrons. The molecule has 1 amide bonds. The summed E-state index contributed by atoms with van der Waals surface area (Å²) in [4.78, 5) is 13.7. The van der Waals surface area contributed by atoms with Gasteiger partial charge in [0.2, 0.25) is 0 Å². The Morgan fingerprint density at radius 3 is 2.39 bits per heavy atom. The maximum absolute atomic E-state index is 13.0. The number of ether oxygens (including phenoxy) is 1. The largest absolute Gasteiger partial charge is 0.493 e. The number of thioether (sulfide) groups is 1. The van der Waals surface area contributed by atoms with Crippen molar-refractivity contribution >= 4 is 50.4 Å². The lowest BCUT2D eigenvalue weighted by Crippen LogP contribution is -2.22. The smallest absolute Gasteiger partial charge is 0.339 e. The van der Waals surface area contributed by atoms with Gasteiger partial charge >= 0.3 is 10.1 Å². The minimum atomic E-state index is -4.17. The van der Waals surface area contributed by atoms with E-state index in [9.17, 15) is 17.6 Å². The summed E-state index contributed by atoms with van der Waals surface area (Å²) in [6.07, 6.45) is 1.63. The van der Waals surface area contributed by atoms with E-state index in [1.807, 2.05) is 0 Å². The van der Waals surface area contributed by atoms with Crippen molar-refractivity contribution in [1.29, 1.82) is 0 Å². The van der Waals surface area contributed by atoms with Crippen molar-refractivity contribution in [2.45, 2.75) is 4.90 Å². The van der Waals surface area contributed by atoms with Gasteiger partial charge in [-0.1, -0.05) is 30.0 Å². The molecule has 0 radical (unpaired) electrons. The molecule has 28 heavy (non-hydrogen) atoms.